The van der Waals surface area contributed by atoms with E-state index < -0.39 is 0 Å². The minimum absolute atomic E-state index is 0.606. The van der Waals surface area contributed by atoms with Crippen LogP contribution in [0.5, 0.6) is 0 Å². The summed E-state index contributed by atoms with van der Waals surface area (Å²) in [5.41, 5.74) is 2.50. The Balaban J connectivity index is 1.96. The van der Waals surface area contributed by atoms with Crippen molar-refractivity contribution in [2.24, 2.45) is 5.92 Å². The summed E-state index contributed by atoms with van der Waals surface area (Å²) >= 11 is 0. The van der Waals surface area contributed by atoms with Gasteiger partial charge in [0, 0.05) is 17.8 Å². The number of para-hydroxylation sites is 1. The van der Waals surface area contributed by atoms with Crippen LogP contribution in [0.2, 0.25) is 0 Å². The first-order valence-electron chi connectivity index (χ1n) is 6.66. The maximum Gasteiger partial charge on any atom is 0.0648 e. The molecule has 18 heavy (non-hydrogen) atoms. The summed E-state index contributed by atoms with van der Waals surface area (Å²) in [6, 6.07) is 12.6. The Morgan fingerprint density at radius 3 is 2.83 bits per heavy atom. The fraction of sp³-hybridized carbons (Fsp3) is 0.400. The van der Waals surface area contributed by atoms with Crippen LogP contribution in [-0.4, -0.2) is 22.9 Å². The second-order valence-corrected chi connectivity index (χ2v) is 5.08. The number of rotatable bonds is 2. The molecule has 0 aliphatic carbocycles. The van der Waals surface area contributed by atoms with E-state index in [9.17, 15) is 0 Å². The molecule has 3 rings (SSSR count). The van der Waals surface area contributed by atoms with Crippen molar-refractivity contribution in [3.63, 3.8) is 0 Å². The molecule has 1 aromatic heterocycles. The first-order valence-corrected chi connectivity index (χ1v) is 6.66. The average molecular weight is 241 g/mol. The normalized spacial score (nSPS) is 24.1. The van der Waals surface area contributed by atoms with Gasteiger partial charge in [-0.15, -0.1) is 0 Å². The van der Waals surface area contributed by atoms with E-state index in [1.54, 1.807) is 0 Å². The molecule has 3 heteroatoms. The van der Waals surface area contributed by atoms with Crippen molar-refractivity contribution in [3.8, 4) is 5.69 Å². The Bertz CT molecular complexity index is 503. The van der Waals surface area contributed by atoms with E-state index in [1.807, 2.05) is 12.3 Å². The Hall–Kier alpha value is -1.61. The van der Waals surface area contributed by atoms with Gasteiger partial charge < -0.3 is 5.32 Å². The summed E-state index contributed by atoms with van der Waals surface area (Å²) in [6.07, 6.45) is 3.11. The highest BCUT2D eigenvalue weighted by Gasteiger charge is 2.25. The molecule has 2 atom stereocenters. The second-order valence-electron chi connectivity index (χ2n) is 5.08. The number of hydrogen-bond acceptors (Lipinski definition) is 2. The van der Waals surface area contributed by atoms with Gasteiger partial charge in [0.15, 0.2) is 0 Å². The molecule has 1 aliphatic rings. The zero-order valence-corrected chi connectivity index (χ0v) is 10.7. The maximum atomic E-state index is 4.49. The van der Waals surface area contributed by atoms with E-state index in [1.165, 1.54) is 12.1 Å². The standard InChI is InChI=1S/C15H19N3/c1-12-11-16-9-7-14(12)15-8-10-17-18(15)13-5-3-2-4-6-13/h2-6,8,10,12,14,16H,7,9,11H2,1H3. The zero-order valence-electron chi connectivity index (χ0n) is 10.7. The molecule has 2 unspecified atom stereocenters. The summed E-state index contributed by atoms with van der Waals surface area (Å²) in [5.74, 6) is 1.27. The molecule has 0 radical (unpaired) electrons. The third-order valence-corrected chi connectivity index (χ3v) is 3.84. The lowest BCUT2D eigenvalue weighted by Crippen LogP contribution is -2.34. The fourth-order valence-electron chi connectivity index (χ4n) is 2.83. The molecular formula is C15H19N3. The summed E-state index contributed by atoms with van der Waals surface area (Å²) in [6.45, 7) is 4.53. The molecule has 3 nitrogen and oxygen atoms in total. The minimum Gasteiger partial charge on any atom is -0.316 e. The molecule has 1 aromatic carbocycles. The van der Waals surface area contributed by atoms with Gasteiger partial charge in [-0.3, -0.25) is 0 Å². The van der Waals surface area contributed by atoms with Crippen molar-refractivity contribution in [2.45, 2.75) is 19.3 Å². The summed E-state index contributed by atoms with van der Waals surface area (Å²) < 4.78 is 2.09. The Morgan fingerprint density at radius 1 is 1.22 bits per heavy atom. The predicted molar refractivity (Wildman–Crippen MR) is 73.0 cm³/mol. The maximum absolute atomic E-state index is 4.49. The lowest BCUT2D eigenvalue weighted by Gasteiger charge is -2.29. The lowest BCUT2D eigenvalue weighted by molar-refractivity contribution is 0.339. The van der Waals surface area contributed by atoms with E-state index in [0.717, 1.165) is 18.8 Å². The van der Waals surface area contributed by atoms with Crippen molar-refractivity contribution in [2.75, 3.05) is 13.1 Å². The summed E-state index contributed by atoms with van der Waals surface area (Å²) in [7, 11) is 0. The smallest absolute Gasteiger partial charge is 0.0648 e. The number of aromatic nitrogens is 2. The zero-order chi connectivity index (χ0) is 12.4. The topological polar surface area (TPSA) is 29.9 Å². The number of hydrogen-bond donors (Lipinski definition) is 1. The quantitative estimate of drug-likeness (QED) is 0.876. The molecule has 2 heterocycles. The van der Waals surface area contributed by atoms with Crippen LogP contribution in [0.25, 0.3) is 5.69 Å². The van der Waals surface area contributed by atoms with Crippen LogP contribution in [0.4, 0.5) is 0 Å². The molecule has 2 aromatic rings. The van der Waals surface area contributed by atoms with Crippen LogP contribution in [0.1, 0.15) is 25.0 Å². The van der Waals surface area contributed by atoms with E-state index in [-0.39, 0.29) is 0 Å². The van der Waals surface area contributed by atoms with Crippen molar-refractivity contribution in [1.29, 1.82) is 0 Å². The second kappa shape index (κ2) is 4.94. The van der Waals surface area contributed by atoms with Crippen molar-refractivity contribution >= 4 is 0 Å². The van der Waals surface area contributed by atoms with Crippen LogP contribution in [-0.2, 0) is 0 Å². The molecule has 1 aliphatic heterocycles. The van der Waals surface area contributed by atoms with Crippen LogP contribution in [0.3, 0.4) is 0 Å². The van der Waals surface area contributed by atoms with Gasteiger partial charge >= 0.3 is 0 Å². The van der Waals surface area contributed by atoms with E-state index in [4.69, 9.17) is 0 Å². The van der Waals surface area contributed by atoms with Crippen molar-refractivity contribution < 1.29 is 0 Å². The van der Waals surface area contributed by atoms with Gasteiger partial charge in [0.05, 0.1) is 5.69 Å². The summed E-state index contributed by atoms with van der Waals surface area (Å²) in [4.78, 5) is 0. The number of piperidine rings is 1. The number of benzene rings is 1. The Labute approximate surface area is 108 Å². The van der Waals surface area contributed by atoms with Crippen LogP contribution in [0, 0.1) is 5.92 Å². The Kier molecular flexibility index (Phi) is 3.15. The highest BCUT2D eigenvalue weighted by molar-refractivity contribution is 5.33. The van der Waals surface area contributed by atoms with E-state index >= 15 is 0 Å². The number of nitrogens with one attached hydrogen (secondary N) is 1. The van der Waals surface area contributed by atoms with Gasteiger partial charge in [-0.25, -0.2) is 4.68 Å². The van der Waals surface area contributed by atoms with E-state index in [0.29, 0.717) is 11.8 Å². The third-order valence-electron chi connectivity index (χ3n) is 3.84. The highest BCUT2D eigenvalue weighted by Crippen LogP contribution is 2.30. The van der Waals surface area contributed by atoms with Crippen LogP contribution >= 0.6 is 0 Å². The molecule has 1 saturated heterocycles. The molecule has 0 amide bonds. The molecule has 0 saturated carbocycles. The molecule has 1 fully saturated rings. The molecule has 1 N–H and O–H groups in total. The van der Waals surface area contributed by atoms with Crippen LogP contribution < -0.4 is 5.32 Å². The van der Waals surface area contributed by atoms with Gasteiger partial charge in [0.1, 0.15) is 0 Å². The van der Waals surface area contributed by atoms with Crippen LogP contribution in [0.15, 0.2) is 42.6 Å². The SMILES string of the molecule is CC1CNCCC1c1ccnn1-c1ccccc1. The average Bonchev–Trinajstić information content (AvgIpc) is 2.89. The summed E-state index contributed by atoms with van der Waals surface area (Å²) in [5, 5.41) is 7.95. The van der Waals surface area contributed by atoms with Gasteiger partial charge in [-0.1, -0.05) is 25.1 Å². The fourth-order valence-corrected chi connectivity index (χ4v) is 2.83. The number of nitrogens with zero attached hydrogens (tertiary/aromatic N) is 2. The highest BCUT2D eigenvalue weighted by atomic mass is 15.3. The van der Waals surface area contributed by atoms with Gasteiger partial charge in [-0.05, 0) is 43.6 Å². The lowest BCUT2D eigenvalue weighted by atomic mass is 9.85. The molecular weight excluding hydrogens is 222 g/mol. The molecule has 94 valence electrons. The van der Waals surface area contributed by atoms with Gasteiger partial charge in [0.25, 0.3) is 0 Å². The first-order chi connectivity index (χ1) is 8.86. The predicted octanol–water partition coefficient (Wildman–Crippen LogP) is 2.59. The third kappa shape index (κ3) is 2.06. The van der Waals surface area contributed by atoms with Gasteiger partial charge in [-0.2, -0.15) is 5.10 Å². The Morgan fingerprint density at radius 2 is 2.06 bits per heavy atom. The minimum atomic E-state index is 0.606. The monoisotopic (exact) mass is 241 g/mol. The first kappa shape index (κ1) is 11.5. The molecule has 0 spiro atoms. The van der Waals surface area contributed by atoms with Gasteiger partial charge in [0.2, 0.25) is 0 Å². The largest absolute Gasteiger partial charge is 0.316 e. The van der Waals surface area contributed by atoms with E-state index in [2.05, 4.69) is 52.4 Å². The van der Waals surface area contributed by atoms with Crippen molar-refractivity contribution in [1.82, 2.24) is 15.1 Å². The molecule has 0 bridgehead atoms. The van der Waals surface area contributed by atoms with Crippen molar-refractivity contribution in [3.05, 3.63) is 48.3 Å².